The van der Waals surface area contributed by atoms with Gasteiger partial charge in [-0.2, -0.15) is 13.2 Å². The van der Waals surface area contributed by atoms with Crippen LogP contribution in [0.25, 0.3) is 11.3 Å². The molecule has 1 aliphatic rings. The van der Waals surface area contributed by atoms with E-state index >= 15 is 0 Å². The minimum Gasteiger partial charge on any atom is -0.348 e. The van der Waals surface area contributed by atoms with Gasteiger partial charge in [-0.3, -0.25) is 19.7 Å². The fourth-order valence-electron chi connectivity index (χ4n) is 3.69. The van der Waals surface area contributed by atoms with Gasteiger partial charge in [0.2, 0.25) is 5.91 Å². The Labute approximate surface area is 190 Å². The van der Waals surface area contributed by atoms with Gasteiger partial charge in [-0.15, -0.1) is 0 Å². The van der Waals surface area contributed by atoms with Crippen molar-refractivity contribution in [3.05, 3.63) is 77.5 Å². The van der Waals surface area contributed by atoms with Crippen LogP contribution in [0.2, 0.25) is 0 Å². The summed E-state index contributed by atoms with van der Waals surface area (Å²) in [7, 11) is 0. The minimum atomic E-state index is -4.19. The van der Waals surface area contributed by atoms with Crippen LogP contribution in [-0.4, -0.2) is 27.0 Å². The highest BCUT2D eigenvalue weighted by molar-refractivity contribution is 5.79. The SMILES string of the molecule is C[C@@H](NC(=O)Cc1ccc(-c2nccnc2C2CC2)cc1)c1ccc(CCC(F)(F)F)cn1. The van der Waals surface area contributed by atoms with E-state index in [-0.39, 0.29) is 24.8 Å². The van der Waals surface area contributed by atoms with Crippen molar-refractivity contribution in [1.82, 2.24) is 20.3 Å². The van der Waals surface area contributed by atoms with Crippen molar-refractivity contribution in [2.45, 2.75) is 57.2 Å². The van der Waals surface area contributed by atoms with Crippen LogP contribution in [0.4, 0.5) is 13.2 Å². The maximum atomic E-state index is 12.5. The first kappa shape index (κ1) is 22.9. The summed E-state index contributed by atoms with van der Waals surface area (Å²) in [4.78, 5) is 25.7. The molecule has 1 atom stereocenters. The second kappa shape index (κ2) is 9.68. The number of halogens is 3. The molecule has 1 fully saturated rings. The summed E-state index contributed by atoms with van der Waals surface area (Å²) >= 11 is 0. The highest BCUT2D eigenvalue weighted by Gasteiger charge is 2.28. The van der Waals surface area contributed by atoms with E-state index in [1.54, 1.807) is 31.5 Å². The van der Waals surface area contributed by atoms with Crippen LogP contribution < -0.4 is 5.32 Å². The largest absolute Gasteiger partial charge is 0.389 e. The predicted octanol–water partition coefficient (Wildman–Crippen LogP) is 5.33. The lowest BCUT2D eigenvalue weighted by Crippen LogP contribution is -2.28. The van der Waals surface area contributed by atoms with E-state index < -0.39 is 12.6 Å². The molecule has 5 nitrogen and oxygen atoms in total. The van der Waals surface area contributed by atoms with Gasteiger partial charge in [0.15, 0.2) is 0 Å². The zero-order valence-electron chi connectivity index (χ0n) is 18.3. The van der Waals surface area contributed by atoms with E-state index in [1.165, 1.54) is 6.20 Å². The Balaban J connectivity index is 1.32. The molecule has 8 heteroatoms. The molecule has 0 aliphatic heterocycles. The maximum Gasteiger partial charge on any atom is 0.389 e. The van der Waals surface area contributed by atoms with Crippen LogP contribution in [0.3, 0.4) is 0 Å². The number of carbonyl (C=O) groups is 1. The lowest BCUT2D eigenvalue weighted by Gasteiger charge is -2.14. The fourth-order valence-corrected chi connectivity index (χ4v) is 3.69. The van der Waals surface area contributed by atoms with E-state index in [1.807, 2.05) is 24.3 Å². The number of hydrogen-bond donors (Lipinski definition) is 1. The molecule has 1 aliphatic carbocycles. The van der Waals surface area contributed by atoms with Crippen molar-refractivity contribution in [2.24, 2.45) is 0 Å². The Morgan fingerprint density at radius 2 is 1.73 bits per heavy atom. The molecule has 3 aromatic rings. The first-order valence-corrected chi connectivity index (χ1v) is 11.0. The maximum absolute atomic E-state index is 12.5. The molecule has 2 aromatic heterocycles. The Bertz CT molecular complexity index is 1090. The average molecular weight is 454 g/mol. The highest BCUT2D eigenvalue weighted by atomic mass is 19.4. The molecule has 0 spiro atoms. The number of nitrogens with one attached hydrogen (secondary N) is 1. The molecular formula is C25H25F3N4O. The third kappa shape index (κ3) is 6.37. The molecule has 0 radical (unpaired) electrons. The molecule has 33 heavy (non-hydrogen) atoms. The van der Waals surface area contributed by atoms with Gasteiger partial charge in [0.05, 0.1) is 29.5 Å². The van der Waals surface area contributed by atoms with Crippen LogP contribution in [0.5, 0.6) is 0 Å². The molecule has 1 aromatic carbocycles. The van der Waals surface area contributed by atoms with Gasteiger partial charge in [-0.1, -0.05) is 30.3 Å². The molecule has 0 bridgehead atoms. The van der Waals surface area contributed by atoms with E-state index in [0.717, 1.165) is 35.4 Å². The van der Waals surface area contributed by atoms with E-state index in [4.69, 9.17) is 0 Å². The van der Waals surface area contributed by atoms with Crippen LogP contribution >= 0.6 is 0 Å². The topological polar surface area (TPSA) is 67.8 Å². The summed E-state index contributed by atoms with van der Waals surface area (Å²) in [5.41, 5.74) is 4.91. The number of alkyl halides is 3. The van der Waals surface area contributed by atoms with Crippen molar-refractivity contribution in [1.29, 1.82) is 0 Å². The third-order valence-electron chi connectivity index (χ3n) is 5.65. The number of amides is 1. The smallest absolute Gasteiger partial charge is 0.348 e. The molecule has 1 amide bonds. The number of rotatable bonds is 8. The quantitative estimate of drug-likeness (QED) is 0.500. The van der Waals surface area contributed by atoms with Crippen molar-refractivity contribution in [3.63, 3.8) is 0 Å². The van der Waals surface area contributed by atoms with Crippen LogP contribution in [0.1, 0.15) is 60.7 Å². The van der Waals surface area contributed by atoms with E-state index in [0.29, 0.717) is 17.2 Å². The summed E-state index contributed by atoms with van der Waals surface area (Å²) in [6.45, 7) is 1.80. The number of aryl methyl sites for hydroxylation is 1. The molecule has 0 unspecified atom stereocenters. The lowest BCUT2D eigenvalue weighted by molar-refractivity contribution is -0.134. The van der Waals surface area contributed by atoms with Crippen molar-refractivity contribution >= 4 is 5.91 Å². The van der Waals surface area contributed by atoms with Crippen molar-refractivity contribution in [3.8, 4) is 11.3 Å². The van der Waals surface area contributed by atoms with Gasteiger partial charge in [0, 0.05) is 36.5 Å². The molecular weight excluding hydrogens is 429 g/mol. The number of benzene rings is 1. The van der Waals surface area contributed by atoms with E-state index in [2.05, 4.69) is 20.3 Å². The van der Waals surface area contributed by atoms with Gasteiger partial charge in [-0.25, -0.2) is 0 Å². The molecule has 0 saturated heterocycles. The van der Waals surface area contributed by atoms with Crippen LogP contribution in [0, 0.1) is 0 Å². The third-order valence-corrected chi connectivity index (χ3v) is 5.65. The lowest BCUT2D eigenvalue weighted by atomic mass is 10.0. The number of aromatic nitrogens is 3. The molecule has 2 heterocycles. The molecule has 4 rings (SSSR count). The normalized spacial score (nSPS) is 14.7. The van der Waals surface area contributed by atoms with Crippen LogP contribution in [-0.2, 0) is 17.6 Å². The number of hydrogen-bond acceptors (Lipinski definition) is 4. The Morgan fingerprint density at radius 3 is 2.36 bits per heavy atom. The molecule has 1 N–H and O–H groups in total. The zero-order valence-corrected chi connectivity index (χ0v) is 18.3. The number of carbonyl (C=O) groups excluding carboxylic acids is 1. The van der Waals surface area contributed by atoms with Crippen molar-refractivity contribution in [2.75, 3.05) is 0 Å². The Morgan fingerprint density at radius 1 is 1.03 bits per heavy atom. The summed E-state index contributed by atoms with van der Waals surface area (Å²) in [6.07, 6.45) is 2.19. The Kier molecular flexibility index (Phi) is 6.72. The second-order valence-corrected chi connectivity index (χ2v) is 8.43. The zero-order chi connectivity index (χ0) is 23.4. The summed E-state index contributed by atoms with van der Waals surface area (Å²) in [6, 6.07) is 10.7. The highest BCUT2D eigenvalue weighted by Crippen LogP contribution is 2.42. The average Bonchev–Trinajstić information content (AvgIpc) is 3.63. The second-order valence-electron chi connectivity index (χ2n) is 8.43. The van der Waals surface area contributed by atoms with Crippen LogP contribution in [0.15, 0.2) is 55.0 Å². The fraction of sp³-hybridized carbons (Fsp3) is 0.360. The summed E-state index contributed by atoms with van der Waals surface area (Å²) in [5, 5.41) is 2.90. The molecule has 1 saturated carbocycles. The Hall–Kier alpha value is -3.29. The van der Waals surface area contributed by atoms with Gasteiger partial charge < -0.3 is 5.32 Å². The van der Waals surface area contributed by atoms with Gasteiger partial charge in [0.25, 0.3) is 0 Å². The summed E-state index contributed by atoms with van der Waals surface area (Å²) < 4.78 is 37.1. The van der Waals surface area contributed by atoms with E-state index in [9.17, 15) is 18.0 Å². The monoisotopic (exact) mass is 454 g/mol. The first-order valence-electron chi connectivity index (χ1n) is 11.0. The predicted molar refractivity (Wildman–Crippen MR) is 118 cm³/mol. The van der Waals surface area contributed by atoms with Gasteiger partial charge >= 0.3 is 6.18 Å². The van der Waals surface area contributed by atoms with Crippen molar-refractivity contribution < 1.29 is 18.0 Å². The number of nitrogens with zero attached hydrogens (tertiary/aromatic N) is 3. The first-order chi connectivity index (χ1) is 15.8. The number of pyridine rings is 1. The van der Waals surface area contributed by atoms with Gasteiger partial charge in [0.1, 0.15) is 0 Å². The molecule has 172 valence electrons. The minimum absolute atomic E-state index is 0.107. The van der Waals surface area contributed by atoms with Gasteiger partial charge in [-0.05, 0) is 43.4 Å². The summed E-state index contributed by atoms with van der Waals surface area (Å²) in [5.74, 6) is 0.337. The standard InChI is InChI=1S/C25H25F3N4O/c1-16(21-9-4-18(15-31-21)10-11-25(26,27)28)32-22(33)14-17-2-5-19(6-3-17)23-24(20-7-8-20)30-13-12-29-23/h2-6,9,12-13,15-16,20H,7-8,10-11,14H2,1H3,(H,32,33)/t16-/m1/s1.